The molecule has 1 saturated carbocycles. The molecule has 0 radical (unpaired) electrons. The zero-order chi connectivity index (χ0) is 21.3. The predicted molar refractivity (Wildman–Crippen MR) is 125 cm³/mol. The zero-order valence-electron chi connectivity index (χ0n) is 18.3. The zero-order valence-corrected chi connectivity index (χ0v) is 18.3. The van der Waals surface area contributed by atoms with Gasteiger partial charge in [-0.2, -0.15) is 0 Å². The van der Waals surface area contributed by atoms with Crippen molar-refractivity contribution < 1.29 is 5.11 Å². The molecule has 2 N–H and O–H groups in total. The van der Waals surface area contributed by atoms with Crippen LogP contribution in [0.5, 0.6) is 0 Å². The highest BCUT2D eigenvalue weighted by atomic mass is 16.3. The molecule has 2 heterocycles. The number of nitrogens with one attached hydrogen (secondary N) is 1. The molecular weight excluding hydrogens is 384 g/mol. The summed E-state index contributed by atoms with van der Waals surface area (Å²) in [6.45, 7) is 1.94. The van der Waals surface area contributed by atoms with Crippen molar-refractivity contribution in [1.82, 2.24) is 19.9 Å². The van der Waals surface area contributed by atoms with Crippen molar-refractivity contribution in [2.45, 2.75) is 44.1 Å². The number of aliphatic hydroxyl groups is 1. The monoisotopic (exact) mass is 416 g/mol. The minimum atomic E-state index is -0.568. The van der Waals surface area contributed by atoms with E-state index in [1.54, 1.807) is 0 Å². The van der Waals surface area contributed by atoms with Crippen molar-refractivity contribution in [1.29, 1.82) is 0 Å². The number of hydrogen-bond donors (Lipinski definition) is 2. The van der Waals surface area contributed by atoms with E-state index < -0.39 is 5.60 Å². The standard InChI is InChI=1S/C26H32N4O/c1-30(14-5-9-25-28-23-7-2-3-8-24(23)29-25)15-12-26(31)17-19-10-11-21(26)16-22(19)20-6-4-13-27-18-20/h2-4,6-8,13,16,18-19,21,31H,5,9-12,14-15,17H2,1H3,(H,28,29)/t19-,21-,26+/m1/s1. The molecule has 0 aliphatic heterocycles. The van der Waals surface area contributed by atoms with Crippen LogP contribution in [0.3, 0.4) is 0 Å². The van der Waals surface area contributed by atoms with Crippen molar-refractivity contribution in [3.05, 3.63) is 66.3 Å². The summed E-state index contributed by atoms with van der Waals surface area (Å²) >= 11 is 0. The Labute approximate surface area is 184 Å². The predicted octanol–water partition coefficient (Wildman–Crippen LogP) is 4.46. The highest BCUT2D eigenvalue weighted by Gasteiger charge is 2.46. The van der Waals surface area contributed by atoms with Gasteiger partial charge in [0.05, 0.1) is 16.6 Å². The van der Waals surface area contributed by atoms with Crippen LogP contribution in [0.25, 0.3) is 16.6 Å². The molecule has 3 aliphatic carbocycles. The molecule has 5 nitrogen and oxygen atoms in total. The Morgan fingerprint density at radius 1 is 1.16 bits per heavy atom. The number of rotatable bonds is 8. The van der Waals surface area contributed by atoms with Gasteiger partial charge in [-0.15, -0.1) is 0 Å². The molecule has 1 fully saturated rings. The van der Waals surface area contributed by atoms with Crippen molar-refractivity contribution >= 4 is 16.6 Å². The van der Waals surface area contributed by atoms with E-state index in [4.69, 9.17) is 0 Å². The molecule has 5 heteroatoms. The molecular formula is C26H32N4O. The van der Waals surface area contributed by atoms with E-state index >= 15 is 0 Å². The van der Waals surface area contributed by atoms with Crippen LogP contribution in [0.4, 0.5) is 0 Å². The number of hydrogen-bond acceptors (Lipinski definition) is 4. The smallest absolute Gasteiger partial charge is 0.107 e. The Balaban J connectivity index is 1.13. The first-order valence-electron chi connectivity index (χ1n) is 11.6. The number of H-pyrrole nitrogens is 1. The van der Waals surface area contributed by atoms with Gasteiger partial charge in [0.2, 0.25) is 0 Å². The van der Waals surface area contributed by atoms with E-state index in [9.17, 15) is 5.11 Å². The number of nitrogens with zero attached hydrogens (tertiary/aromatic N) is 3. The number of aromatic amines is 1. The fraction of sp³-hybridized carbons (Fsp3) is 0.462. The van der Waals surface area contributed by atoms with Crippen molar-refractivity contribution in [3.63, 3.8) is 0 Å². The maximum atomic E-state index is 11.5. The van der Waals surface area contributed by atoms with Crippen LogP contribution in [-0.4, -0.2) is 50.7 Å². The second kappa shape index (κ2) is 8.56. The van der Waals surface area contributed by atoms with Crippen LogP contribution in [0.15, 0.2) is 54.9 Å². The lowest BCUT2D eigenvalue weighted by Gasteiger charge is -2.48. The molecule has 2 bridgehead atoms. The molecule has 3 aliphatic rings. The van der Waals surface area contributed by atoms with Crippen molar-refractivity contribution in [2.75, 3.05) is 20.1 Å². The van der Waals surface area contributed by atoms with Gasteiger partial charge in [0.25, 0.3) is 0 Å². The average Bonchev–Trinajstić information content (AvgIpc) is 3.21. The number of imidazole rings is 1. The van der Waals surface area contributed by atoms with Crippen molar-refractivity contribution in [3.8, 4) is 0 Å². The van der Waals surface area contributed by atoms with Gasteiger partial charge in [0, 0.05) is 31.3 Å². The molecule has 3 aromatic rings. The summed E-state index contributed by atoms with van der Waals surface area (Å²) in [5, 5.41) is 11.5. The lowest BCUT2D eigenvalue weighted by molar-refractivity contribution is -0.0574. The molecule has 0 unspecified atom stereocenters. The van der Waals surface area contributed by atoms with Gasteiger partial charge >= 0.3 is 0 Å². The number of allylic oxidation sites excluding steroid dienone is 1. The SMILES string of the molecule is CN(CCCc1nc2ccccc2[nH]1)CC[C@]1(O)C[C@H]2CC[C@@H]1C=C2c1cccnc1. The fourth-order valence-electron chi connectivity index (χ4n) is 5.48. The molecule has 6 rings (SSSR count). The summed E-state index contributed by atoms with van der Waals surface area (Å²) in [5.74, 6) is 1.78. The number of pyridine rings is 1. The van der Waals surface area contributed by atoms with Crippen LogP contribution < -0.4 is 0 Å². The number of aromatic nitrogens is 3. The fourth-order valence-corrected chi connectivity index (χ4v) is 5.48. The van der Waals surface area contributed by atoms with Crippen LogP contribution in [-0.2, 0) is 6.42 Å². The molecule has 0 spiro atoms. The highest BCUT2D eigenvalue weighted by molar-refractivity contribution is 5.74. The van der Waals surface area contributed by atoms with E-state index in [0.717, 1.165) is 62.1 Å². The third-order valence-corrected chi connectivity index (χ3v) is 7.25. The summed E-state index contributed by atoms with van der Waals surface area (Å²) in [6.07, 6.45) is 12.1. The largest absolute Gasteiger partial charge is 0.389 e. The second-order valence-corrected chi connectivity index (χ2v) is 9.41. The van der Waals surface area contributed by atoms with Gasteiger partial charge < -0.3 is 15.0 Å². The van der Waals surface area contributed by atoms with Crippen LogP contribution >= 0.6 is 0 Å². The number of para-hydroxylation sites is 2. The molecule has 3 atom stereocenters. The summed E-state index contributed by atoms with van der Waals surface area (Å²) in [6, 6.07) is 12.3. The van der Waals surface area contributed by atoms with Crippen molar-refractivity contribution in [2.24, 2.45) is 11.8 Å². The van der Waals surface area contributed by atoms with E-state index in [-0.39, 0.29) is 5.92 Å². The Kier molecular flexibility index (Phi) is 5.63. The quantitative estimate of drug-likeness (QED) is 0.569. The van der Waals surface area contributed by atoms with Gasteiger partial charge in [-0.3, -0.25) is 4.98 Å². The maximum absolute atomic E-state index is 11.5. The Morgan fingerprint density at radius 3 is 2.84 bits per heavy atom. The number of aryl methyl sites for hydroxylation is 1. The maximum Gasteiger partial charge on any atom is 0.107 e. The molecule has 31 heavy (non-hydrogen) atoms. The molecule has 0 amide bonds. The molecule has 0 saturated heterocycles. The summed E-state index contributed by atoms with van der Waals surface area (Å²) in [4.78, 5) is 14.7. The first kappa shape index (κ1) is 20.4. The number of fused-ring (bicyclic) bond motifs is 3. The lowest BCUT2D eigenvalue weighted by atomic mass is 9.61. The first-order chi connectivity index (χ1) is 15.1. The third-order valence-electron chi connectivity index (χ3n) is 7.25. The Hall–Kier alpha value is -2.50. The third kappa shape index (κ3) is 4.30. The second-order valence-electron chi connectivity index (χ2n) is 9.41. The van der Waals surface area contributed by atoms with Gasteiger partial charge in [0.15, 0.2) is 0 Å². The molecule has 162 valence electrons. The van der Waals surface area contributed by atoms with Gasteiger partial charge in [-0.25, -0.2) is 4.98 Å². The van der Waals surface area contributed by atoms with Crippen LogP contribution in [0, 0.1) is 11.8 Å². The summed E-state index contributed by atoms with van der Waals surface area (Å²) in [5.41, 5.74) is 4.20. The highest BCUT2D eigenvalue weighted by Crippen LogP contribution is 2.50. The normalized spacial score (nSPS) is 25.3. The average molecular weight is 417 g/mol. The van der Waals surface area contributed by atoms with E-state index in [0.29, 0.717) is 5.92 Å². The first-order valence-corrected chi connectivity index (χ1v) is 11.6. The van der Waals surface area contributed by atoms with Crippen LogP contribution in [0.1, 0.15) is 43.5 Å². The molecule has 1 aromatic carbocycles. The minimum Gasteiger partial charge on any atom is -0.389 e. The van der Waals surface area contributed by atoms with Gasteiger partial charge in [-0.05, 0) is 81.0 Å². The Bertz CT molecular complexity index is 1030. The topological polar surface area (TPSA) is 65.0 Å². The van der Waals surface area contributed by atoms with Gasteiger partial charge in [-0.1, -0.05) is 24.3 Å². The van der Waals surface area contributed by atoms with Gasteiger partial charge in [0.1, 0.15) is 5.82 Å². The van der Waals surface area contributed by atoms with E-state index in [2.05, 4.69) is 45.1 Å². The summed E-state index contributed by atoms with van der Waals surface area (Å²) in [7, 11) is 2.17. The Morgan fingerprint density at radius 2 is 2.06 bits per heavy atom. The van der Waals surface area contributed by atoms with E-state index in [1.165, 1.54) is 17.6 Å². The number of benzene rings is 1. The van der Waals surface area contributed by atoms with Crippen LogP contribution in [0.2, 0.25) is 0 Å². The minimum absolute atomic E-state index is 0.261. The molecule has 2 aromatic heterocycles. The summed E-state index contributed by atoms with van der Waals surface area (Å²) < 4.78 is 0. The van der Waals surface area contributed by atoms with E-state index in [1.807, 2.05) is 36.7 Å². The lowest BCUT2D eigenvalue weighted by Crippen LogP contribution is -2.48.